The molecule has 0 saturated heterocycles. The lowest BCUT2D eigenvalue weighted by molar-refractivity contribution is 0.237. The predicted molar refractivity (Wildman–Crippen MR) is 89.2 cm³/mol. The first-order valence-electron chi connectivity index (χ1n) is 7.60. The molecule has 0 bridgehead atoms. The van der Waals surface area contributed by atoms with Gasteiger partial charge in [0.15, 0.2) is 5.90 Å². The number of nitrogens with two attached hydrogens (primary N) is 1. The van der Waals surface area contributed by atoms with Gasteiger partial charge in [-0.15, -0.1) is 0 Å². The van der Waals surface area contributed by atoms with Crippen LogP contribution in [0.4, 0.5) is 4.79 Å². The Bertz CT molecular complexity index is 494. The monoisotopic (exact) mass is 306 g/mol. The smallest absolute Gasteiger partial charge is 0.312 e. The molecule has 0 heterocycles. The lowest BCUT2D eigenvalue weighted by Crippen LogP contribution is -2.31. The normalized spacial score (nSPS) is 21.2. The summed E-state index contributed by atoms with van der Waals surface area (Å²) in [5.41, 5.74) is 6.10. The van der Waals surface area contributed by atoms with Crippen molar-refractivity contribution >= 4 is 17.8 Å². The number of allylic oxidation sites excluding steroid dienone is 1. The zero-order valence-corrected chi connectivity index (χ0v) is 13.6. The summed E-state index contributed by atoms with van der Waals surface area (Å²) in [6.45, 7) is 6.87. The zero-order valence-electron chi connectivity index (χ0n) is 13.6. The number of urea groups is 1. The molecular formula is C16H26N4O2. The molecule has 0 radical (unpaired) electrons. The summed E-state index contributed by atoms with van der Waals surface area (Å²) < 4.78 is 5.64. The SMILES string of the molecule is CCCC(=N)N=C(C)OCC1C=CC(CNC(N)=O)=CC1C. The van der Waals surface area contributed by atoms with Crippen molar-refractivity contribution in [3.63, 3.8) is 0 Å². The quantitative estimate of drug-likeness (QED) is 0.519. The summed E-state index contributed by atoms with van der Waals surface area (Å²) in [5.74, 6) is 1.44. The van der Waals surface area contributed by atoms with E-state index in [1.165, 1.54) is 0 Å². The van der Waals surface area contributed by atoms with E-state index in [0.717, 1.165) is 12.0 Å². The van der Waals surface area contributed by atoms with Gasteiger partial charge in [-0.05, 0) is 17.9 Å². The van der Waals surface area contributed by atoms with Crippen molar-refractivity contribution in [2.75, 3.05) is 13.2 Å². The van der Waals surface area contributed by atoms with Gasteiger partial charge in [0.25, 0.3) is 0 Å². The maximum Gasteiger partial charge on any atom is 0.312 e. The Kier molecular flexibility index (Phi) is 7.36. The summed E-state index contributed by atoms with van der Waals surface area (Å²) in [4.78, 5) is 14.8. The van der Waals surface area contributed by atoms with E-state index in [2.05, 4.69) is 29.4 Å². The molecule has 6 heteroatoms. The number of nitrogens with zero attached hydrogens (tertiary/aromatic N) is 1. The van der Waals surface area contributed by atoms with Crippen LogP contribution in [-0.4, -0.2) is 30.9 Å². The maximum absolute atomic E-state index is 10.7. The lowest BCUT2D eigenvalue weighted by Gasteiger charge is -2.23. The van der Waals surface area contributed by atoms with E-state index in [1.807, 2.05) is 13.0 Å². The van der Waals surface area contributed by atoms with Gasteiger partial charge in [-0.3, -0.25) is 5.41 Å². The summed E-state index contributed by atoms with van der Waals surface area (Å²) in [5, 5.41) is 10.2. The van der Waals surface area contributed by atoms with Gasteiger partial charge in [0.05, 0.1) is 6.61 Å². The van der Waals surface area contributed by atoms with Crippen LogP contribution in [0.5, 0.6) is 0 Å². The van der Waals surface area contributed by atoms with Crippen LogP contribution in [0.3, 0.4) is 0 Å². The van der Waals surface area contributed by atoms with Crippen LogP contribution in [0.25, 0.3) is 0 Å². The third kappa shape index (κ3) is 6.56. The van der Waals surface area contributed by atoms with E-state index in [0.29, 0.717) is 37.2 Å². The highest BCUT2D eigenvalue weighted by atomic mass is 16.5. The van der Waals surface area contributed by atoms with Gasteiger partial charge in [-0.25, -0.2) is 9.79 Å². The van der Waals surface area contributed by atoms with Gasteiger partial charge in [-0.2, -0.15) is 0 Å². The van der Waals surface area contributed by atoms with Gasteiger partial charge >= 0.3 is 6.03 Å². The average molecular weight is 306 g/mol. The molecule has 0 spiro atoms. The Labute approximate surface area is 132 Å². The molecule has 2 unspecified atom stereocenters. The highest BCUT2D eigenvalue weighted by molar-refractivity contribution is 5.91. The maximum atomic E-state index is 10.7. The van der Waals surface area contributed by atoms with Crippen molar-refractivity contribution in [1.82, 2.24) is 5.32 Å². The Morgan fingerprint density at radius 3 is 2.86 bits per heavy atom. The molecule has 6 nitrogen and oxygen atoms in total. The highest BCUT2D eigenvalue weighted by Crippen LogP contribution is 2.22. The van der Waals surface area contributed by atoms with Crippen LogP contribution in [0.15, 0.2) is 28.8 Å². The number of nitrogens with one attached hydrogen (secondary N) is 2. The molecule has 1 aliphatic carbocycles. The first-order chi connectivity index (χ1) is 10.4. The van der Waals surface area contributed by atoms with Crippen molar-refractivity contribution in [3.8, 4) is 0 Å². The Hall–Kier alpha value is -2.11. The summed E-state index contributed by atoms with van der Waals surface area (Å²) in [6.07, 6.45) is 7.74. The minimum Gasteiger partial charge on any atom is -0.480 e. The van der Waals surface area contributed by atoms with Crippen LogP contribution in [0.1, 0.15) is 33.6 Å². The predicted octanol–water partition coefficient (Wildman–Crippen LogP) is 2.62. The molecule has 0 aromatic rings. The summed E-state index contributed by atoms with van der Waals surface area (Å²) in [6, 6.07) is -0.520. The molecule has 1 rings (SSSR count). The molecule has 22 heavy (non-hydrogen) atoms. The standard InChI is InChI=1S/C16H26N4O2/c1-4-5-15(17)20-12(3)22-10-14-7-6-13(8-11(14)2)9-19-16(18)21/h6-8,11,14,17H,4-5,9-10H2,1-3H3,(H3,18,19,21). The zero-order chi connectivity index (χ0) is 16.5. The third-order valence-electron chi connectivity index (χ3n) is 3.44. The number of amides is 2. The Morgan fingerprint density at radius 1 is 1.55 bits per heavy atom. The number of rotatable bonds is 6. The Morgan fingerprint density at radius 2 is 2.27 bits per heavy atom. The first kappa shape index (κ1) is 17.9. The number of hydrogen-bond donors (Lipinski definition) is 3. The Balaban J connectivity index is 2.44. The number of carbonyl (C=O) groups is 1. The minimum absolute atomic E-state index is 0.253. The molecule has 4 N–H and O–H groups in total. The number of amidine groups is 1. The molecule has 0 fully saturated rings. The largest absolute Gasteiger partial charge is 0.480 e. The van der Waals surface area contributed by atoms with Crippen molar-refractivity contribution in [1.29, 1.82) is 5.41 Å². The topological polar surface area (TPSA) is 101 Å². The van der Waals surface area contributed by atoms with Gasteiger partial charge in [0.1, 0.15) is 5.84 Å². The van der Waals surface area contributed by atoms with Crippen molar-refractivity contribution in [2.24, 2.45) is 22.6 Å². The second-order valence-electron chi connectivity index (χ2n) is 5.48. The third-order valence-corrected chi connectivity index (χ3v) is 3.44. The first-order valence-corrected chi connectivity index (χ1v) is 7.60. The van der Waals surface area contributed by atoms with Gasteiger partial charge < -0.3 is 15.8 Å². The van der Waals surface area contributed by atoms with Crippen LogP contribution in [0.2, 0.25) is 0 Å². The second-order valence-corrected chi connectivity index (χ2v) is 5.48. The number of carbonyl (C=O) groups excluding carboxylic acids is 1. The molecule has 2 atom stereocenters. The number of primary amides is 1. The molecule has 1 aliphatic rings. The molecule has 0 saturated carbocycles. The number of hydrogen-bond acceptors (Lipinski definition) is 3. The molecule has 0 aliphatic heterocycles. The number of ether oxygens (including phenoxy) is 1. The minimum atomic E-state index is -0.520. The van der Waals surface area contributed by atoms with E-state index < -0.39 is 6.03 Å². The van der Waals surface area contributed by atoms with E-state index in [-0.39, 0.29) is 5.92 Å². The lowest BCUT2D eigenvalue weighted by atomic mass is 9.87. The molecule has 0 aromatic heterocycles. The fourth-order valence-electron chi connectivity index (χ4n) is 2.19. The van der Waals surface area contributed by atoms with E-state index >= 15 is 0 Å². The molecule has 2 amide bonds. The van der Waals surface area contributed by atoms with Crippen LogP contribution in [-0.2, 0) is 4.74 Å². The molecule has 122 valence electrons. The van der Waals surface area contributed by atoms with E-state index in [4.69, 9.17) is 15.9 Å². The summed E-state index contributed by atoms with van der Waals surface area (Å²) in [7, 11) is 0. The van der Waals surface area contributed by atoms with Crippen LogP contribution < -0.4 is 11.1 Å². The van der Waals surface area contributed by atoms with Crippen molar-refractivity contribution in [3.05, 3.63) is 23.8 Å². The van der Waals surface area contributed by atoms with Gasteiger partial charge in [-0.1, -0.05) is 32.1 Å². The molecule has 0 aromatic carbocycles. The van der Waals surface area contributed by atoms with Crippen molar-refractivity contribution < 1.29 is 9.53 Å². The van der Waals surface area contributed by atoms with E-state index in [1.54, 1.807) is 6.92 Å². The molecular weight excluding hydrogens is 280 g/mol. The highest BCUT2D eigenvalue weighted by Gasteiger charge is 2.18. The van der Waals surface area contributed by atoms with Crippen molar-refractivity contribution in [2.45, 2.75) is 33.6 Å². The summed E-state index contributed by atoms with van der Waals surface area (Å²) >= 11 is 0. The van der Waals surface area contributed by atoms with E-state index in [9.17, 15) is 4.79 Å². The van der Waals surface area contributed by atoms with Crippen LogP contribution >= 0.6 is 0 Å². The second kappa shape index (κ2) is 9.02. The van der Waals surface area contributed by atoms with Gasteiger partial charge in [0.2, 0.25) is 0 Å². The van der Waals surface area contributed by atoms with Crippen LogP contribution in [0, 0.1) is 17.2 Å². The fraction of sp³-hybridized carbons (Fsp3) is 0.562. The number of aliphatic imine (C=N–C) groups is 1. The average Bonchev–Trinajstić information content (AvgIpc) is 2.44. The van der Waals surface area contributed by atoms with Gasteiger partial charge in [0, 0.05) is 25.8 Å². The fourth-order valence-corrected chi connectivity index (χ4v) is 2.19.